The molecular weight excluding hydrogens is 326 g/mol. The molecule has 3 aromatic rings. The maximum atomic E-state index is 12.5. The second kappa shape index (κ2) is 7.90. The summed E-state index contributed by atoms with van der Waals surface area (Å²) < 4.78 is 0. The van der Waals surface area contributed by atoms with Gasteiger partial charge in [0.05, 0.1) is 17.7 Å². The number of hydrogen-bond donors (Lipinski definition) is 2. The number of carbonyl (C=O) groups excluding carboxylic acids is 1. The van der Waals surface area contributed by atoms with E-state index in [2.05, 4.69) is 26.7 Å². The van der Waals surface area contributed by atoms with Crippen molar-refractivity contribution in [2.75, 3.05) is 5.32 Å². The highest BCUT2D eigenvalue weighted by atomic mass is 16.1. The van der Waals surface area contributed by atoms with Crippen LogP contribution in [0.1, 0.15) is 34.6 Å². The van der Waals surface area contributed by atoms with Crippen LogP contribution in [0, 0.1) is 11.3 Å². The van der Waals surface area contributed by atoms with E-state index in [4.69, 9.17) is 5.26 Å². The Morgan fingerprint density at radius 1 is 1.08 bits per heavy atom. The first-order valence-electron chi connectivity index (χ1n) is 8.11. The fourth-order valence-electron chi connectivity index (χ4n) is 2.42. The van der Waals surface area contributed by atoms with E-state index in [0.717, 1.165) is 11.3 Å². The zero-order valence-electron chi connectivity index (χ0n) is 14.2. The third kappa shape index (κ3) is 4.22. The van der Waals surface area contributed by atoms with E-state index in [9.17, 15) is 4.79 Å². The molecule has 1 heterocycles. The van der Waals surface area contributed by atoms with Gasteiger partial charge < -0.3 is 10.6 Å². The molecule has 2 aromatic carbocycles. The van der Waals surface area contributed by atoms with Gasteiger partial charge in [0.15, 0.2) is 0 Å². The molecule has 0 saturated carbocycles. The molecule has 2 N–H and O–H groups in total. The van der Waals surface area contributed by atoms with Crippen LogP contribution in [-0.4, -0.2) is 15.9 Å². The summed E-state index contributed by atoms with van der Waals surface area (Å²) in [5.74, 6) is 0.230. The Morgan fingerprint density at radius 2 is 1.81 bits per heavy atom. The van der Waals surface area contributed by atoms with Gasteiger partial charge in [-0.05, 0) is 36.8 Å². The minimum atomic E-state index is -0.272. The van der Waals surface area contributed by atoms with Crippen LogP contribution in [0.15, 0.2) is 67.0 Å². The molecule has 6 nitrogen and oxygen atoms in total. The molecule has 0 fully saturated rings. The number of amides is 1. The van der Waals surface area contributed by atoms with Crippen LogP contribution in [0.4, 0.5) is 11.5 Å². The van der Waals surface area contributed by atoms with Crippen LogP contribution in [0.25, 0.3) is 0 Å². The van der Waals surface area contributed by atoms with Crippen molar-refractivity contribution >= 4 is 17.4 Å². The van der Waals surface area contributed by atoms with Gasteiger partial charge in [0, 0.05) is 11.8 Å². The molecule has 128 valence electrons. The Bertz CT molecular complexity index is 932. The van der Waals surface area contributed by atoms with E-state index in [-0.39, 0.29) is 17.6 Å². The number of nitriles is 1. The van der Waals surface area contributed by atoms with E-state index in [1.807, 2.05) is 37.3 Å². The number of anilines is 2. The second-order valence-corrected chi connectivity index (χ2v) is 5.71. The topological polar surface area (TPSA) is 90.7 Å². The lowest BCUT2D eigenvalue weighted by atomic mass is 10.1. The van der Waals surface area contributed by atoms with Gasteiger partial charge in [0.2, 0.25) is 0 Å². The van der Waals surface area contributed by atoms with Gasteiger partial charge >= 0.3 is 0 Å². The Hall–Kier alpha value is -3.72. The van der Waals surface area contributed by atoms with Gasteiger partial charge in [-0.2, -0.15) is 5.26 Å². The molecule has 0 bridgehead atoms. The summed E-state index contributed by atoms with van der Waals surface area (Å²) in [6.45, 7) is 1.92. The van der Waals surface area contributed by atoms with Crippen molar-refractivity contribution in [2.45, 2.75) is 13.0 Å². The third-order valence-electron chi connectivity index (χ3n) is 3.83. The first kappa shape index (κ1) is 17.1. The lowest BCUT2D eigenvalue weighted by molar-refractivity contribution is 0.0934. The summed E-state index contributed by atoms with van der Waals surface area (Å²) >= 11 is 0. The molecule has 1 aromatic heterocycles. The Morgan fingerprint density at radius 3 is 2.50 bits per heavy atom. The van der Waals surface area contributed by atoms with Crippen molar-refractivity contribution in [1.82, 2.24) is 15.3 Å². The van der Waals surface area contributed by atoms with Crippen LogP contribution in [0.3, 0.4) is 0 Å². The number of nitrogens with zero attached hydrogens (tertiary/aromatic N) is 3. The van der Waals surface area contributed by atoms with E-state index in [1.165, 1.54) is 6.33 Å². The summed E-state index contributed by atoms with van der Waals surface area (Å²) in [6, 6.07) is 20.2. The van der Waals surface area contributed by atoms with Crippen molar-refractivity contribution in [3.8, 4) is 6.07 Å². The van der Waals surface area contributed by atoms with Crippen molar-refractivity contribution in [3.05, 3.63) is 83.8 Å². The molecule has 3 rings (SSSR count). The van der Waals surface area contributed by atoms with Gasteiger partial charge in [-0.15, -0.1) is 0 Å². The van der Waals surface area contributed by atoms with Crippen molar-refractivity contribution in [1.29, 1.82) is 5.26 Å². The van der Waals surface area contributed by atoms with E-state index in [1.54, 1.807) is 30.3 Å². The standard InChI is InChI=1S/C20H17N5O/c1-14(16-5-3-2-4-6-16)24-20(26)18-11-19(23-13-22-18)25-17-9-7-15(12-21)8-10-17/h2-11,13-14H,1H3,(H,24,26)(H,22,23,25). The van der Waals surface area contributed by atoms with Crippen molar-refractivity contribution in [2.24, 2.45) is 0 Å². The Kier molecular flexibility index (Phi) is 5.20. The molecule has 0 aliphatic carbocycles. The maximum absolute atomic E-state index is 12.5. The number of hydrogen-bond acceptors (Lipinski definition) is 5. The molecule has 0 radical (unpaired) electrons. The summed E-state index contributed by atoms with van der Waals surface area (Å²) in [6.07, 6.45) is 1.34. The Labute approximate surface area is 151 Å². The first-order valence-corrected chi connectivity index (χ1v) is 8.11. The highest BCUT2D eigenvalue weighted by Gasteiger charge is 2.13. The number of rotatable bonds is 5. The predicted molar refractivity (Wildman–Crippen MR) is 98.8 cm³/mol. The smallest absolute Gasteiger partial charge is 0.270 e. The summed E-state index contributed by atoms with van der Waals surface area (Å²) in [5, 5.41) is 14.9. The minimum Gasteiger partial charge on any atom is -0.344 e. The predicted octanol–water partition coefficient (Wildman–Crippen LogP) is 3.58. The maximum Gasteiger partial charge on any atom is 0.270 e. The quantitative estimate of drug-likeness (QED) is 0.739. The largest absolute Gasteiger partial charge is 0.344 e. The molecule has 1 atom stereocenters. The average molecular weight is 343 g/mol. The Balaban J connectivity index is 1.70. The summed E-state index contributed by atoms with van der Waals surface area (Å²) in [7, 11) is 0. The lowest BCUT2D eigenvalue weighted by Gasteiger charge is -2.14. The van der Waals surface area contributed by atoms with E-state index >= 15 is 0 Å². The third-order valence-corrected chi connectivity index (χ3v) is 3.83. The SMILES string of the molecule is CC(NC(=O)c1cc(Nc2ccc(C#N)cc2)ncn1)c1ccccc1. The van der Waals surface area contributed by atoms with Crippen molar-refractivity contribution < 1.29 is 4.79 Å². The normalized spacial score (nSPS) is 11.2. The zero-order chi connectivity index (χ0) is 18.4. The molecule has 1 unspecified atom stereocenters. The van der Waals surface area contributed by atoms with Crippen LogP contribution in [-0.2, 0) is 0 Å². The van der Waals surface area contributed by atoms with Crippen LogP contribution in [0.2, 0.25) is 0 Å². The highest BCUT2D eigenvalue weighted by molar-refractivity contribution is 5.93. The van der Waals surface area contributed by atoms with Gasteiger partial charge in [0.1, 0.15) is 17.8 Å². The fourth-order valence-corrected chi connectivity index (χ4v) is 2.42. The number of carbonyl (C=O) groups is 1. The molecular formula is C20H17N5O. The summed E-state index contributed by atoms with van der Waals surface area (Å²) in [4.78, 5) is 20.6. The van der Waals surface area contributed by atoms with Gasteiger partial charge in [0.25, 0.3) is 5.91 Å². The van der Waals surface area contributed by atoms with Crippen LogP contribution < -0.4 is 10.6 Å². The van der Waals surface area contributed by atoms with Gasteiger partial charge in [-0.3, -0.25) is 4.79 Å². The van der Waals surface area contributed by atoms with Crippen LogP contribution in [0.5, 0.6) is 0 Å². The average Bonchev–Trinajstić information content (AvgIpc) is 2.69. The molecule has 6 heteroatoms. The number of aromatic nitrogens is 2. The van der Waals surface area contributed by atoms with E-state index < -0.39 is 0 Å². The summed E-state index contributed by atoms with van der Waals surface area (Å²) in [5.41, 5.74) is 2.64. The molecule has 26 heavy (non-hydrogen) atoms. The highest BCUT2D eigenvalue weighted by Crippen LogP contribution is 2.16. The molecule has 0 spiro atoms. The van der Waals surface area contributed by atoms with Crippen molar-refractivity contribution in [3.63, 3.8) is 0 Å². The molecule has 1 amide bonds. The lowest BCUT2D eigenvalue weighted by Crippen LogP contribution is -2.27. The van der Waals surface area contributed by atoms with E-state index in [0.29, 0.717) is 11.4 Å². The first-order chi connectivity index (χ1) is 12.7. The number of benzene rings is 2. The molecule has 0 aliphatic heterocycles. The molecule has 0 saturated heterocycles. The fraction of sp³-hybridized carbons (Fsp3) is 0.100. The number of nitrogens with one attached hydrogen (secondary N) is 2. The van der Waals surface area contributed by atoms with Gasteiger partial charge in [-0.1, -0.05) is 30.3 Å². The zero-order valence-corrected chi connectivity index (χ0v) is 14.2. The second-order valence-electron chi connectivity index (χ2n) is 5.71. The molecule has 0 aliphatic rings. The van der Waals surface area contributed by atoms with Crippen LogP contribution >= 0.6 is 0 Å². The monoisotopic (exact) mass is 343 g/mol. The minimum absolute atomic E-state index is 0.131. The van der Waals surface area contributed by atoms with Gasteiger partial charge in [-0.25, -0.2) is 9.97 Å².